The highest BCUT2D eigenvalue weighted by Gasteiger charge is 2.08. The van der Waals surface area contributed by atoms with Crippen molar-refractivity contribution in [3.63, 3.8) is 0 Å². The van der Waals surface area contributed by atoms with Crippen LogP contribution in [0.4, 0.5) is 0 Å². The quantitative estimate of drug-likeness (QED) is 0.322. The Morgan fingerprint density at radius 2 is 1.80 bits per heavy atom. The van der Waals surface area contributed by atoms with E-state index in [9.17, 15) is 4.79 Å². The van der Waals surface area contributed by atoms with Crippen molar-refractivity contribution in [2.45, 2.75) is 33.6 Å². The number of nitrogens with one attached hydrogen (secondary N) is 2. The van der Waals surface area contributed by atoms with Crippen molar-refractivity contribution >= 4 is 5.91 Å². The lowest BCUT2D eigenvalue weighted by Gasteiger charge is -2.11. The average Bonchev–Trinajstić information content (AvgIpc) is 3.34. The zero-order valence-corrected chi connectivity index (χ0v) is 20.2. The summed E-state index contributed by atoms with van der Waals surface area (Å²) in [5.41, 5.74) is 7.67. The van der Waals surface area contributed by atoms with Crippen LogP contribution in [0.2, 0.25) is 0 Å². The molecule has 0 fully saturated rings. The van der Waals surface area contributed by atoms with Crippen LogP contribution in [0.15, 0.2) is 79.0 Å². The molecule has 0 aliphatic rings. The van der Waals surface area contributed by atoms with E-state index in [1.165, 1.54) is 23.6 Å². The Labute approximate surface area is 206 Å². The molecule has 1 aromatic heterocycles. The van der Waals surface area contributed by atoms with Crippen molar-refractivity contribution < 1.29 is 9.53 Å². The van der Waals surface area contributed by atoms with Crippen LogP contribution < -0.4 is 10.6 Å². The van der Waals surface area contributed by atoms with Crippen LogP contribution in [0.1, 0.15) is 29.3 Å². The molecular formula is C28H31N5O2. The van der Waals surface area contributed by atoms with Crippen LogP contribution in [0.5, 0.6) is 0 Å². The Morgan fingerprint density at radius 3 is 2.63 bits per heavy atom. The Hall–Kier alpha value is -3.81. The SMILES string of the molecule is CC(=O)NCCNCc1cccc(-n2cc(COCc3cccc(-c4ccccc4)c3C)nn2)c1. The molecule has 0 aliphatic heterocycles. The number of benzene rings is 3. The number of carbonyl (C=O) groups excluding carboxylic acids is 1. The Morgan fingerprint density at radius 1 is 0.971 bits per heavy atom. The largest absolute Gasteiger partial charge is 0.370 e. The zero-order valence-electron chi connectivity index (χ0n) is 20.2. The summed E-state index contributed by atoms with van der Waals surface area (Å²) in [6, 6.07) is 24.9. The molecule has 0 spiro atoms. The molecule has 0 bridgehead atoms. The molecule has 0 saturated heterocycles. The Balaban J connectivity index is 1.31. The summed E-state index contributed by atoms with van der Waals surface area (Å²) in [6.07, 6.45) is 1.90. The Kier molecular flexibility index (Phi) is 8.38. The summed E-state index contributed by atoms with van der Waals surface area (Å²) >= 11 is 0. The average molecular weight is 470 g/mol. The van der Waals surface area contributed by atoms with Gasteiger partial charge in [-0.25, -0.2) is 4.68 Å². The van der Waals surface area contributed by atoms with Crippen molar-refractivity contribution in [3.8, 4) is 16.8 Å². The third kappa shape index (κ3) is 6.85. The zero-order chi connectivity index (χ0) is 24.5. The van der Waals surface area contributed by atoms with Gasteiger partial charge in [0.15, 0.2) is 0 Å². The summed E-state index contributed by atoms with van der Waals surface area (Å²) in [5, 5.41) is 14.6. The van der Waals surface area contributed by atoms with E-state index >= 15 is 0 Å². The molecule has 35 heavy (non-hydrogen) atoms. The molecule has 2 N–H and O–H groups in total. The third-order valence-electron chi connectivity index (χ3n) is 5.76. The van der Waals surface area contributed by atoms with Gasteiger partial charge < -0.3 is 15.4 Å². The van der Waals surface area contributed by atoms with E-state index in [4.69, 9.17) is 4.74 Å². The maximum atomic E-state index is 10.9. The first-order valence-electron chi connectivity index (χ1n) is 11.8. The fourth-order valence-electron chi connectivity index (χ4n) is 3.90. The van der Waals surface area contributed by atoms with Gasteiger partial charge in [-0.05, 0) is 46.9 Å². The molecular weight excluding hydrogens is 438 g/mol. The van der Waals surface area contributed by atoms with Crippen LogP contribution in [-0.2, 0) is 29.3 Å². The van der Waals surface area contributed by atoms with Gasteiger partial charge in [0.2, 0.25) is 5.91 Å². The van der Waals surface area contributed by atoms with Gasteiger partial charge in [-0.15, -0.1) is 5.10 Å². The molecule has 0 saturated carbocycles. The molecule has 0 radical (unpaired) electrons. The molecule has 1 amide bonds. The first kappa shape index (κ1) is 24.3. The lowest BCUT2D eigenvalue weighted by Crippen LogP contribution is -2.29. The minimum atomic E-state index is -0.0180. The standard InChI is InChI=1S/C28H31N5O2/c1-21-25(11-7-13-28(21)24-9-4-3-5-10-24)19-35-20-26-18-33(32-31-26)27-12-6-8-23(16-27)17-29-14-15-30-22(2)34/h3-13,16,18,29H,14-15,17,19-20H2,1-2H3,(H,30,34). The van der Waals surface area contributed by atoms with Crippen LogP contribution in [0, 0.1) is 6.92 Å². The number of nitrogens with zero attached hydrogens (tertiary/aromatic N) is 3. The fraction of sp³-hybridized carbons (Fsp3) is 0.250. The van der Waals surface area contributed by atoms with Crippen LogP contribution in [0.25, 0.3) is 16.8 Å². The van der Waals surface area contributed by atoms with Gasteiger partial charge >= 0.3 is 0 Å². The number of carbonyl (C=O) groups is 1. The normalized spacial score (nSPS) is 10.9. The van der Waals surface area contributed by atoms with Crippen molar-refractivity contribution in [2.75, 3.05) is 13.1 Å². The number of hydrogen-bond donors (Lipinski definition) is 2. The summed E-state index contributed by atoms with van der Waals surface area (Å²) in [4.78, 5) is 10.9. The van der Waals surface area contributed by atoms with E-state index in [1.807, 2.05) is 24.4 Å². The molecule has 1 heterocycles. The van der Waals surface area contributed by atoms with Crippen molar-refractivity contribution in [1.29, 1.82) is 0 Å². The van der Waals surface area contributed by atoms with Crippen molar-refractivity contribution in [2.24, 2.45) is 0 Å². The van der Waals surface area contributed by atoms with E-state index in [0.29, 0.717) is 32.8 Å². The lowest BCUT2D eigenvalue weighted by atomic mass is 9.97. The number of ether oxygens (including phenoxy) is 1. The molecule has 4 rings (SSSR count). The first-order chi connectivity index (χ1) is 17.1. The summed E-state index contributed by atoms with van der Waals surface area (Å²) in [6.45, 7) is 6.59. The van der Waals surface area contributed by atoms with Gasteiger partial charge in [0.1, 0.15) is 5.69 Å². The monoisotopic (exact) mass is 469 g/mol. The van der Waals surface area contributed by atoms with Gasteiger partial charge in [-0.2, -0.15) is 0 Å². The highest BCUT2D eigenvalue weighted by Crippen LogP contribution is 2.26. The van der Waals surface area contributed by atoms with E-state index < -0.39 is 0 Å². The Bertz CT molecular complexity index is 1250. The van der Waals surface area contributed by atoms with Crippen LogP contribution >= 0.6 is 0 Å². The molecule has 0 atom stereocenters. The van der Waals surface area contributed by atoms with Gasteiger partial charge in [-0.1, -0.05) is 65.9 Å². The maximum Gasteiger partial charge on any atom is 0.216 e. The van der Waals surface area contributed by atoms with E-state index in [2.05, 4.69) is 82.5 Å². The summed E-state index contributed by atoms with van der Waals surface area (Å²) < 4.78 is 7.75. The summed E-state index contributed by atoms with van der Waals surface area (Å²) in [7, 11) is 0. The molecule has 4 aromatic rings. The molecule has 7 heteroatoms. The maximum absolute atomic E-state index is 10.9. The van der Waals surface area contributed by atoms with E-state index in [-0.39, 0.29) is 5.91 Å². The molecule has 0 aliphatic carbocycles. The van der Waals surface area contributed by atoms with Gasteiger partial charge in [-0.3, -0.25) is 4.79 Å². The number of hydrogen-bond acceptors (Lipinski definition) is 5. The predicted molar refractivity (Wildman–Crippen MR) is 137 cm³/mol. The molecule has 180 valence electrons. The van der Waals surface area contributed by atoms with E-state index in [1.54, 1.807) is 4.68 Å². The lowest BCUT2D eigenvalue weighted by molar-refractivity contribution is -0.118. The number of rotatable bonds is 11. The van der Waals surface area contributed by atoms with Crippen molar-refractivity contribution in [3.05, 3.63) is 101 Å². The minimum absolute atomic E-state index is 0.0180. The topological polar surface area (TPSA) is 81.1 Å². The smallest absolute Gasteiger partial charge is 0.216 e. The number of aromatic nitrogens is 3. The highest BCUT2D eigenvalue weighted by molar-refractivity contribution is 5.72. The first-order valence-corrected chi connectivity index (χ1v) is 11.8. The van der Waals surface area contributed by atoms with E-state index in [0.717, 1.165) is 22.5 Å². The fourth-order valence-corrected chi connectivity index (χ4v) is 3.90. The second-order valence-corrected chi connectivity index (χ2v) is 8.43. The van der Waals surface area contributed by atoms with Gasteiger partial charge in [0, 0.05) is 26.6 Å². The second-order valence-electron chi connectivity index (χ2n) is 8.43. The van der Waals surface area contributed by atoms with Crippen LogP contribution in [0.3, 0.4) is 0 Å². The molecule has 7 nitrogen and oxygen atoms in total. The minimum Gasteiger partial charge on any atom is -0.370 e. The predicted octanol–water partition coefficient (Wildman–Crippen LogP) is 4.19. The van der Waals surface area contributed by atoms with Crippen LogP contribution in [-0.4, -0.2) is 34.0 Å². The van der Waals surface area contributed by atoms with Gasteiger partial charge in [0.05, 0.1) is 25.1 Å². The van der Waals surface area contributed by atoms with Crippen molar-refractivity contribution in [1.82, 2.24) is 25.6 Å². The van der Waals surface area contributed by atoms with Gasteiger partial charge in [0.25, 0.3) is 0 Å². The highest BCUT2D eigenvalue weighted by atomic mass is 16.5. The molecule has 3 aromatic carbocycles. The summed E-state index contributed by atoms with van der Waals surface area (Å²) in [5.74, 6) is -0.0180. The molecule has 0 unspecified atom stereocenters. The number of amides is 1. The third-order valence-corrected chi connectivity index (χ3v) is 5.76. The second kappa shape index (κ2) is 12.1.